The van der Waals surface area contributed by atoms with E-state index in [9.17, 15) is 0 Å². The Bertz CT molecular complexity index is 544. The van der Waals surface area contributed by atoms with Gasteiger partial charge in [0.2, 0.25) is 0 Å². The summed E-state index contributed by atoms with van der Waals surface area (Å²) >= 11 is 0. The van der Waals surface area contributed by atoms with Crippen LogP contribution in [0.2, 0.25) is 0 Å². The molecule has 0 atom stereocenters. The van der Waals surface area contributed by atoms with Crippen molar-refractivity contribution < 1.29 is 0 Å². The number of hydrogen-bond donors (Lipinski definition) is 0. The van der Waals surface area contributed by atoms with Gasteiger partial charge in [0.05, 0.1) is 22.4 Å². The highest BCUT2D eigenvalue weighted by atomic mass is 14.8. The molecule has 0 saturated heterocycles. The van der Waals surface area contributed by atoms with Crippen molar-refractivity contribution in [2.45, 2.75) is 6.92 Å². The second-order valence-corrected chi connectivity index (χ2v) is 4.06. The highest BCUT2D eigenvalue weighted by molar-refractivity contribution is 5.78. The zero-order valence-electron chi connectivity index (χ0n) is 9.09. The summed E-state index contributed by atoms with van der Waals surface area (Å²) < 4.78 is 0. The molecule has 3 rings (SSSR count). The molecular weight excluding hydrogens is 196 g/mol. The third kappa shape index (κ3) is 1.52. The van der Waals surface area contributed by atoms with Crippen LogP contribution in [0.1, 0.15) is 18.3 Å². The second-order valence-electron chi connectivity index (χ2n) is 4.06. The highest BCUT2D eigenvalue weighted by Gasteiger charge is 2.06. The minimum atomic E-state index is 0.444. The van der Waals surface area contributed by atoms with Crippen LogP contribution in [0.15, 0.2) is 36.4 Å². The fourth-order valence-corrected chi connectivity index (χ4v) is 1.82. The lowest BCUT2D eigenvalue weighted by Gasteiger charge is -2.01. The van der Waals surface area contributed by atoms with Crippen LogP contribution in [0.5, 0.6) is 0 Å². The van der Waals surface area contributed by atoms with E-state index in [2.05, 4.69) is 41.2 Å². The molecule has 0 spiro atoms. The smallest absolute Gasteiger partial charge is 0.0894 e. The summed E-state index contributed by atoms with van der Waals surface area (Å²) in [5.41, 5.74) is 3.82. The Morgan fingerprint density at radius 3 is 1.88 bits per heavy atom. The van der Waals surface area contributed by atoms with Crippen LogP contribution in [0.4, 0.5) is 0 Å². The lowest BCUT2D eigenvalue weighted by molar-refractivity contribution is 0.953. The molecule has 0 N–H and O–H groups in total. The number of hydrogen-bond acceptors (Lipinski definition) is 2. The zero-order valence-corrected chi connectivity index (χ0v) is 9.09. The average Bonchev–Trinajstić information content (AvgIpc) is 2.49. The quantitative estimate of drug-likeness (QED) is 0.663. The summed E-state index contributed by atoms with van der Waals surface area (Å²) in [6, 6.07) is 7.97. The average molecular weight is 208 g/mol. The SMILES string of the molecule is CC1C=Cc2nc3ccccc3nc2C=C1. The highest BCUT2D eigenvalue weighted by Crippen LogP contribution is 2.19. The Hall–Kier alpha value is -1.96. The summed E-state index contributed by atoms with van der Waals surface area (Å²) in [6.45, 7) is 2.15. The number of fused-ring (bicyclic) bond motifs is 2. The van der Waals surface area contributed by atoms with Crippen LogP contribution < -0.4 is 0 Å². The van der Waals surface area contributed by atoms with Crippen molar-refractivity contribution in [1.82, 2.24) is 9.97 Å². The number of benzene rings is 1. The van der Waals surface area contributed by atoms with Crippen molar-refractivity contribution in [1.29, 1.82) is 0 Å². The molecule has 0 unspecified atom stereocenters. The molecule has 1 aliphatic rings. The molecule has 2 heteroatoms. The summed E-state index contributed by atoms with van der Waals surface area (Å²) in [7, 11) is 0. The van der Waals surface area contributed by atoms with Gasteiger partial charge in [-0.05, 0) is 30.2 Å². The number of aromatic nitrogens is 2. The van der Waals surface area contributed by atoms with Crippen LogP contribution in [0.25, 0.3) is 23.2 Å². The van der Waals surface area contributed by atoms with Gasteiger partial charge in [-0.1, -0.05) is 31.2 Å². The fraction of sp³-hybridized carbons (Fsp3) is 0.143. The zero-order chi connectivity index (χ0) is 11.0. The number of nitrogens with zero attached hydrogens (tertiary/aromatic N) is 2. The predicted molar refractivity (Wildman–Crippen MR) is 66.8 cm³/mol. The maximum atomic E-state index is 4.61. The molecule has 2 nitrogen and oxygen atoms in total. The van der Waals surface area contributed by atoms with E-state index in [1.807, 2.05) is 24.3 Å². The molecule has 0 bridgehead atoms. The van der Waals surface area contributed by atoms with Crippen molar-refractivity contribution in [3.8, 4) is 0 Å². The van der Waals surface area contributed by atoms with Crippen LogP contribution in [-0.4, -0.2) is 9.97 Å². The molecule has 2 aromatic rings. The van der Waals surface area contributed by atoms with Gasteiger partial charge in [0.25, 0.3) is 0 Å². The lowest BCUT2D eigenvalue weighted by atomic mass is 10.2. The molecule has 0 amide bonds. The first kappa shape index (κ1) is 9.28. The number of rotatable bonds is 0. The first-order valence-electron chi connectivity index (χ1n) is 5.46. The van der Waals surface area contributed by atoms with Crippen LogP contribution in [0, 0.1) is 5.92 Å². The maximum Gasteiger partial charge on any atom is 0.0894 e. The Labute approximate surface area is 94.4 Å². The molecule has 1 aromatic heterocycles. The molecule has 0 fully saturated rings. The molecule has 78 valence electrons. The van der Waals surface area contributed by atoms with Gasteiger partial charge >= 0.3 is 0 Å². The second kappa shape index (κ2) is 3.56. The molecular formula is C14H12N2. The van der Waals surface area contributed by atoms with Crippen molar-refractivity contribution in [3.63, 3.8) is 0 Å². The Morgan fingerprint density at radius 2 is 1.38 bits per heavy atom. The van der Waals surface area contributed by atoms with E-state index in [0.29, 0.717) is 5.92 Å². The topological polar surface area (TPSA) is 25.8 Å². The van der Waals surface area contributed by atoms with Crippen molar-refractivity contribution in [3.05, 3.63) is 47.8 Å². The Morgan fingerprint density at radius 1 is 0.875 bits per heavy atom. The van der Waals surface area contributed by atoms with Gasteiger partial charge in [-0.3, -0.25) is 0 Å². The summed E-state index contributed by atoms with van der Waals surface area (Å²) in [6.07, 6.45) is 8.40. The van der Waals surface area contributed by atoms with Gasteiger partial charge in [0.1, 0.15) is 0 Å². The van der Waals surface area contributed by atoms with Crippen molar-refractivity contribution >= 4 is 23.2 Å². The van der Waals surface area contributed by atoms with E-state index in [1.54, 1.807) is 0 Å². The molecule has 0 aliphatic heterocycles. The number of para-hydroxylation sites is 2. The summed E-state index contributed by atoms with van der Waals surface area (Å²) in [5, 5.41) is 0. The molecule has 0 saturated carbocycles. The lowest BCUT2D eigenvalue weighted by Crippen LogP contribution is -1.92. The Kier molecular flexibility index (Phi) is 2.07. The van der Waals surface area contributed by atoms with Gasteiger partial charge in [-0.15, -0.1) is 0 Å². The predicted octanol–water partition coefficient (Wildman–Crippen LogP) is 3.31. The van der Waals surface area contributed by atoms with Crippen LogP contribution in [0.3, 0.4) is 0 Å². The van der Waals surface area contributed by atoms with E-state index >= 15 is 0 Å². The van der Waals surface area contributed by atoms with E-state index in [-0.39, 0.29) is 0 Å². The molecule has 1 aromatic carbocycles. The molecule has 1 heterocycles. The van der Waals surface area contributed by atoms with E-state index in [1.165, 1.54) is 0 Å². The monoisotopic (exact) mass is 208 g/mol. The van der Waals surface area contributed by atoms with Crippen LogP contribution in [-0.2, 0) is 0 Å². The van der Waals surface area contributed by atoms with E-state index in [0.717, 1.165) is 22.4 Å². The van der Waals surface area contributed by atoms with Crippen LogP contribution >= 0.6 is 0 Å². The van der Waals surface area contributed by atoms with Gasteiger partial charge in [0.15, 0.2) is 0 Å². The fourth-order valence-electron chi connectivity index (χ4n) is 1.82. The minimum Gasteiger partial charge on any atom is -0.245 e. The third-order valence-electron chi connectivity index (χ3n) is 2.74. The third-order valence-corrected chi connectivity index (χ3v) is 2.74. The normalized spacial score (nSPS) is 15.1. The first-order valence-corrected chi connectivity index (χ1v) is 5.46. The molecule has 1 aliphatic carbocycles. The largest absolute Gasteiger partial charge is 0.245 e. The van der Waals surface area contributed by atoms with Crippen molar-refractivity contribution in [2.24, 2.45) is 5.92 Å². The number of allylic oxidation sites excluding steroid dienone is 2. The summed E-state index contributed by atoms with van der Waals surface area (Å²) in [4.78, 5) is 9.22. The maximum absolute atomic E-state index is 4.61. The van der Waals surface area contributed by atoms with Gasteiger partial charge < -0.3 is 0 Å². The Balaban J connectivity index is 2.28. The first-order chi connectivity index (χ1) is 7.83. The minimum absolute atomic E-state index is 0.444. The van der Waals surface area contributed by atoms with Gasteiger partial charge in [-0.25, -0.2) is 9.97 Å². The van der Waals surface area contributed by atoms with E-state index in [4.69, 9.17) is 0 Å². The standard InChI is InChI=1S/C14H12N2/c1-10-6-8-13-14(9-7-10)16-12-5-3-2-4-11(12)15-13/h2-10H,1H3. The van der Waals surface area contributed by atoms with Gasteiger partial charge in [-0.2, -0.15) is 0 Å². The molecule has 16 heavy (non-hydrogen) atoms. The van der Waals surface area contributed by atoms with Gasteiger partial charge in [0, 0.05) is 0 Å². The van der Waals surface area contributed by atoms with Crippen molar-refractivity contribution in [2.75, 3.05) is 0 Å². The molecule has 0 radical (unpaired) electrons. The van der Waals surface area contributed by atoms with E-state index < -0.39 is 0 Å². The summed E-state index contributed by atoms with van der Waals surface area (Å²) in [5.74, 6) is 0.444.